The van der Waals surface area contributed by atoms with Crippen molar-refractivity contribution in [3.05, 3.63) is 296 Å². The van der Waals surface area contributed by atoms with Gasteiger partial charge in [0.2, 0.25) is 0 Å². The summed E-state index contributed by atoms with van der Waals surface area (Å²) in [5.41, 5.74) is 18.4. The quantitative estimate of drug-likeness (QED) is 0.121. The molecule has 0 bridgehead atoms. The Morgan fingerprint density at radius 3 is 1.14 bits per heavy atom. The monoisotopic (exact) mass is 978 g/mol. The van der Waals surface area contributed by atoms with Gasteiger partial charge >= 0.3 is 0 Å². The van der Waals surface area contributed by atoms with E-state index in [4.69, 9.17) is 0 Å². The average molecular weight is 979 g/mol. The molecule has 4 nitrogen and oxygen atoms in total. The predicted octanol–water partition coefficient (Wildman–Crippen LogP) is 20.3. The molecule has 0 fully saturated rings. The summed E-state index contributed by atoms with van der Waals surface area (Å²) < 4.78 is 0. The Bertz CT molecular complexity index is 3940. The summed E-state index contributed by atoms with van der Waals surface area (Å²) in [7, 11) is 0. The van der Waals surface area contributed by atoms with E-state index in [2.05, 4.69) is 319 Å². The van der Waals surface area contributed by atoms with Gasteiger partial charge in [0.15, 0.2) is 0 Å². The fourth-order valence-corrected chi connectivity index (χ4v) is 11.7. The summed E-state index contributed by atoms with van der Waals surface area (Å²) in [5, 5.41) is 4.85. The number of hydrogen-bond acceptors (Lipinski definition) is 4. The van der Waals surface area contributed by atoms with Gasteiger partial charge in [-0.2, -0.15) is 0 Å². The van der Waals surface area contributed by atoms with E-state index >= 15 is 0 Å². The van der Waals surface area contributed by atoms with Crippen LogP contribution in [0.5, 0.6) is 0 Å². The van der Waals surface area contributed by atoms with Crippen LogP contribution >= 0.6 is 0 Å². The van der Waals surface area contributed by atoms with Gasteiger partial charge in [-0.15, -0.1) is 0 Å². The number of para-hydroxylation sites is 3. The molecule has 0 radical (unpaired) electrons. The predicted molar refractivity (Wildman–Crippen MR) is 323 cm³/mol. The highest BCUT2D eigenvalue weighted by molar-refractivity contribution is 6.00. The molecule has 0 aromatic heterocycles. The van der Waals surface area contributed by atoms with Gasteiger partial charge in [0.05, 0.1) is 11.4 Å². The molecular formula is C72H58N4. The normalized spacial score (nSPS) is 14.2. The molecule has 76 heavy (non-hydrogen) atoms. The lowest BCUT2D eigenvalue weighted by Gasteiger charge is -2.31. The Hall–Kier alpha value is -9.38. The van der Waals surface area contributed by atoms with Crippen molar-refractivity contribution in [3.63, 3.8) is 0 Å². The highest BCUT2D eigenvalue weighted by Gasteiger charge is 2.37. The van der Waals surface area contributed by atoms with Crippen molar-refractivity contribution in [1.82, 2.24) is 0 Å². The van der Waals surface area contributed by atoms with Crippen molar-refractivity contribution < 1.29 is 0 Å². The second-order valence-electron chi connectivity index (χ2n) is 20.7. The first kappa shape index (κ1) is 46.4. The molecule has 2 aliphatic carbocycles. The average Bonchev–Trinajstić information content (AvgIpc) is 3.75. The lowest BCUT2D eigenvalue weighted by Crippen LogP contribution is -2.20. The molecule has 366 valence electrons. The lowest BCUT2D eigenvalue weighted by atomic mass is 9.82. The first-order chi connectivity index (χ1) is 37.4. The van der Waals surface area contributed by atoms with Crippen molar-refractivity contribution in [2.75, 3.05) is 19.6 Å². The van der Waals surface area contributed by atoms with Gasteiger partial charge in [-0.05, 0) is 173 Å². The van der Waals surface area contributed by atoms with Crippen LogP contribution in [0.4, 0.5) is 62.6 Å². The molecule has 0 N–H and O–H groups in total. The van der Waals surface area contributed by atoms with Crippen molar-refractivity contribution in [2.45, 2.75) is 32.6 Å². The van der Waals surface area contributed by atoms with Crippen molar-refractivity contribution in [2.24, 2.45) is 5.92 Å². The molecule has 13 rings (SSSR count). The number of rotatable bonds is 12. The minimum absolute atomic E-state index is 0.285. The number of fused-ring (bicyclic) bond motifs is 5. The second-order valence-corrected chi connectivity index (χ2v) is 20.7. The summed E-state index contributed by atoms with van der Waals surface area (Å²) >= 11 is 0. The van der Waals surface area contributed by atoms with Crippen LogP contribution in [0.2, 0.25) is 0 Å². The number of allylic oxidation sites excluding steroid dienone is 3. The van der Waals surface area contributed by atoms with Gasteiger partial charge in [-0.3, -0.25) is 0 Å². The molecule has 0 aliphatic heterocycles. The van der Waals surface area contributed by atoms with Crippen LogP contribution < -0.4 is 19.6 Å². The van der Waals surface area contributed by atoms with Gasteiger partial charge in [0, 0.05) is 73.1 Å². The van der Waals surface area contributed by atoms with E-state index in [0.717, 1.165) is 69.0 Å². The van der Waals surface area contributed by atoms with Crippen LogP contribution in [-0.4, -0.2) is 0 Å². The van der Waals surface area contributed by atoms with Gasteiger partial charge in [-0.1, -0.05) is 172 Å². The van der Waals surface area contributed by atoms with Gasteiger partial charge < -0.3 is 19.6 Å². The molecule has 2 aliphatic rings. The van der Waals surface area contributed by atoms with Gasteiger partial charge in [-0.25, -0.2) is 0 Å². The Kier molecular flexibility index (Phi) is 11.9. The van der Waals surface area contributed by atoms with Crippen LogP contribution in [0.25, 0.3) is 32.7 Å². The zero-order chi connectivity index (χ0) is 51.2. The van der Waals surface area contributed by atoms with Crippen LogP contribution in [0, 0.1) is 5.92 Å². The summed E-state index contributed by atoms with van der Waals surface area (Å²) in [6.45, 7) is 7.08. The van der Waals surface area contributed by atoms with Crippen LogP contribution in [0.1, 0.15) is 38.3 Å². The van der Waals surface area contributed by atoms with Crippen LogP contribution in [0.15, 0.2) is 285 Å². The van der Waals surface area contributed by atoms with Gasteiger partial charge in [0.1, 0.15) is 0 Å². The maximum atomic E-state index is 2.45. The molecular weight excluding hydrogens is 921 g/mol. The minimum atomic E-state index is -0.285. The van der Waals surface area contributed by atoms with Crippen molar-refractivity contribution in [3.8, 4) is 11.1 Å². The molecule has 0 spiro atoms. The molecule has 0 heterocycles. The molecule has 11 aromatic rings. The van der Waals surface area contributed by atoms with Crippen molar-refractivity contribution >= 4 is 84.1 Å². The number of hydrogen-bond donors (Lipinski definition) is 0. The maximum Gasteiger partial charge on any atom is 0.0540 e. The second kappa shape index (κ2) is 19.5. The molecule has 1 unspecified atom stereocenters. The highest BCUT2D eigenvalue weighted by Crippen LogP contribution is 2.53. The Labute approximate surface area is 447 Å². The first-order valence-corrected chi connectivity index (χ1v) is 26.6. The van der Waals surface area contributed by atoms with Gasteiger partial charge in [0.25, 0.3) is 0 Å². The molecule has 4 heteroatoms. The molecule has 0 saturated heterocycles. The fourth-order valence-electron chi connectivity index (χ4n) is 11.7. The largest absolute Gasteiger partial charge is 0.311 e. The van der Waals surface area contributed by atoms with E-state index in [0.29, 0.717) is 5.92 Å². The Balaban J connectivity index is 0.859. The topological polar surface area (TPSA) is 13.0 Å². The molecule has 11 aromatic carbocycles. The molecule has 0 saturated carbocycles. The van der Waals surface area contributed by atoms with Crippen LogP contribution in [0.3, 0.4) is 0 Å². The maximum absolute atomic E-state index is 2.45. The minimum Gasteiger partial charge on any atom is -0.311 e. The van der Waals surface area contributed by atoms with E-state index in [1.807, 2.05) is 0 Å². The van der Waals surface area contributed by atoms with E-state index < -0.39 is 0 Å². The Morgan fingerprint density at radius 1 is 0.342 bits per heavy atom. The number of nitrogens with zero attached hydrogens (tertiary/aromatic N) is 4. The van der Waals surface area contributed by atoms with E-state index in [-0.39, 0.29) is 5.41 Å². The lowest BCUT2D eigenvalue weighted by molar-refractivity contribution is 0.660. The highest BCUT2D eigenvalue weighted by atomic mass is 15.2. The third-order valence-electron chi connectivity index (χ3n) is 15.5. The number of benzene rings is 11. The smallest absolute Gasteiger partial charge is 0.0540 e. The molecule has 0 amide bonds. The SMILES string of the molecule is CC1C=CC(N(c2ccc(N(c3ccccc3)c3cccc4ccccc34)cc2)c2ccc3c(c2)C(C)(C)c2cc(N(c4ccccc4)c4ccc(N(c5ccccc5)c5cccc6ccccc56)cc4)ccc2-3)=CC1. The summed E-state index contributed by atoms with van der Waals surface area (Å²) in [5.74, 6) is 0.489. The third-order valence-corrected chi connectivity index (χ3v) is 15.5. The van der Waals surface area contributed by atoms with Crippen molar-refractivity contribution in [1.29, 1.82) is 0 Å². The summed E-state index contributed by atoms with van der Waals surface area (Å²) in [4.78, 5) is 9.59. The summed E-state index contributed by atoms with van der Waals surface area (Å²) in [6, 6.07) is 95.0. The zero-order valence-electron chi connectivity index (χ0n) is 43.1. The third kappa shape index (κ3) is 8.38. The summed E-state index contributed by atoms with van der Waals surface area (Å²) in [6.07, 6.45) is 8.04. The standard InChI is InChI=1S/C72H58N4/c1-51-33-35-57(36-34-51)74(59-39-43-61(44-40-59)76(56-27-11-6-12-28-56)71-32-18-22-53-20-14-16-30-65(53)71)63-46-48-67-66-47-45-62(49-68(66)72(2,3)69(67)50-63)73(54-23-7-4-8-24-54)58-37-41-60(42-38-58)75(55-25-9-5-10-26-55)70-31-17-21-52-19-13-15-29-64(52)70/h4-33,35-51H,34H2,1-3H3. The van der Waals surface area contributed by atoms with E-state index in [9.17, 15) is 0 Å². The van der Waals surface area contributed by atoms with E-state index in [1.165, 1.54) is 49.5 Å². The zero-order valence-corrected chi connectivity index (χ0v) is 43.1. The number of anilines is 11. The Morgan fingerprint density at radius 2 is 0.697 bits per heavy atom. The van der Waals surface area contributed by atoms with E-state index in [1.54, 1.807) is 0 Å². The van der Waals surface area contributed by atoms with Crippen LogP contribution in [-0.2, 0) is 5.41 Å². The first-order valence-electron chi connectivity index (χ1n) is 26.6. The molecule has 1 atom stereocenters. The fraction of sp³-hybridized carbons (Fsp3) is 0.0833.